The van der Waals surface area contributed by atoms with Gasteiger partial charge in [-0.05, 0) is 31.0 Å². The molecule has 0 fully saturated rings. The lowest BCUT2D eigenvalue weighted by Crippen LogP contribution is -2.24. The molecule has 1 aromatic heterocycles. The second-order valence-electron chi connectivity index (χ2n) is 7.03. The van der Waals surface area contributed by atoms with E-state index in [1.54, 1.807) is 0 Å². The Labute approximate surface area is 185 Å². The van der Waals surface area contributed by atoms with Crippen molar-refractivity contribution in [1.82, 2.24) is 4.57 Å². The zero-order chi connectivity index (χ0) is 23.7. The van der Waals surface area contributed by atoms with Gasteiger partial charge in [-0.2, -0.15) is 0 Å². The number of nitrogen functional groups attached to an aromatic ring is 2. The SMILES string of the molecule is COCCCc1c(F)cc2c(=O)c(C(=O)O)c(N)n(-c3cc(N)c(F)cc3CO)c2c1Cl. The van der Waals surface area contributed by atoms with Crippen molar-refractivity contribution < 1.29 is 28.5 Å². The van der Waals surface area contributed by atoms with Crippen LogP contribution in [-0.4, -0.2) is 34.5 Å². The molecule has 2 aromatic carbocycles. The fourth-order valence-corrected chi connectivity index (χ4v) is 3.93. The number of aromatic carboxylic acids is 1. The number of fused-ring (bicyclic) bond motifs is 1. The van der Waals surface area contributed by atoms with Crippen molar-refractivity contribution in [2.45, 2.75) is 19.4 Å². The second-order valence-corrected chi connectivity index (χ2v) is 7.41. The number of carbonyl (C=O) groups is 1. The molecule has 0 saturated carbocycles. The number of hydrogen-bond acceptors (Lipinski definition) is 6. The molecule has 0 atom stereocenters. The fraction of sp³-hybridized carbons (Fsp3) is 0.238. The molecule has 0 spiro atoms. The van der Waals surface area contributed by atoms with Gasteiger partial charge < -0.3 is 26.4 Å². The number of methoxy groups -OCH3 is 1. The summed E-state index contributed by atoms with van der Waals surface area (Å²) in [5.41, 5.74) is 9.52. The van der Waals surface area contributed by atoms with Crippen LogP contribution in [0.1, 0.15) is 27.9 Å². The molecule has 170 valence electrons. The third kappa shape index (κ3) is 3.88. The Morgan fingerprint density at radius 3 is 2.50 bits per heavy atom. The molecule has 0 amide bonds. The minimum absolute atomic E-state index is 0.00671. The number of nitrogens with zero attached hydrogens (tertiary/aromatic N) is 1. The lowest BCUT2D eigenvalue weighted by molar-refractivity contribution is 0.0696. The minimum Gasteiger partial charge on any atom is -0.477 e. The molecule has 3 aromatic rings. The van der Waals surface area contributed by atoms with E-state index in [2.05, 4.69) is 0 Å². The third-order valence-electron chi connectivity index (χ3n) is 5.08. The van der Waals surface area contributed by atoms with Gasteiger partial charge in [0.15, 0.2) is 0 Å². The number of aromatic nitrogens is 1. The standard InChI is InChI=1S/C21H20ClF2N3O5/c1-32-4-2-3-10-12(23)6-11-18(17(10)22)27(20(26)16(19(11)29)21(30)31)15-7-14(25)13(24)5-9(15)8-28/h5-7,28H,2-4,8,25-26H2,1H3,(H,30,31). The van der Waals surface area contributed by atoms with E-state index in [0.29, 0.717) is 13.0 Å². The van der Waals surface area contributed by atoms with E-state index >= 15 is 0 Å². The Kier molecular flexibility index (Phi) is 6.68. The van der Waals surface area contributed by atoms with E-state index in [1.165, 1.54) is 7.11 Å². The number of benzene rings is 2. The number of halogens is 3. The number of aliphatic hydroxyl groups is 1. The van der Waals surface area contributed by atoms with Gasteiger partial charge in [0.2, 0.25) is 5.43 Å². The van der Waals surface area contributed by atoms with Gasteiger partial charge in [-0.25, -0.2) is 13.6 Å². The summed E-state index contributed by atoms with van der Waals surface area (Å²) in [5.74, 6) is -3.81. The summed E-state index contributed by atoms with van der Waals surface area (Å²) in [6.07, 6.45) is 0.568. The van der Waals surface area contributed by atoms with E-state index in [4.69, 9.17) is 27.8 Å². The average Bonchev–Trinajstić information content (AvgIpc) is 2.73. The van der Waals surface area contributed by atoms with Crippen LogP contribution in [0.15, 0.2) is 23.0 Å². The molecule has 11 heteroatoms. The van der Waals surface area contributed by atoms with Gasteiger partial charge >= 0.3 is 5.97 Å². The van der Waals surface area contributed by atoms with Gasteiger partial charge in [-0.15, -0.1) is 0 Å². The largest absolute Gasteiger partial charge is 0.477 e. The number of pyridine rings is 1. The number of anilines is 2. The van der Waals surface area contributed by atoms with Gasteiger partial charge in [-0.3, -0.25) is 9.36 Å². The third-order valence-corrected chi connectivity index (χ3v) is 5.49. The number of hydrogen-bond donors (Lipinski definition) is 4. The zero-order valence-electron chi connectivity index (χ0n) is 16.9. The Morgan fingerprint density at radius 2 is 1.91 bits per heavy atom. The van der Waals surface area contributed by atoms with Crippen LogP contribution in [0.25, 0.3) is 16.6 Å². The van der Waals surface area contributed by atoms with E-state index in [0.717, 1.165) is 22.8 Å². The quantitative estimate of drug-likeness (QED) is 0.309. The lowest BCUT2D eigenvalue weighted by atomic mass is 10.0. The molecule has 32 heavy (non-hydrogen) atoms. The number of rotatable bonds is 7. The number of carboxylic acid groups (broad SMARTS) is 1. The summed E-state index contributed by atoms with van der Waals surface area (Å²) in [6, 6.07) is 2.96. The minimum atomic E-state index is -1.65. The molecular formula is C21H20ClF2N3O5. The Hall–Kier alpha value is -3.21. The van der Waals surface area contributed by atoms with Gasteiger partial charge in [0.05, 0.1) is 33.9 Å². The van der Waals surface area contributed by atoms with E-state index < -0.39 is 41.0 Å². The van der Waals surface area contributed by atoms with E-state index in [-0.39, 0.29) is 44.8 Å². The Balaban J connectivity index is 2.54. The van der Waals surface area contributed by atoms with Crippen LogP contribution >= 0.6 is 11.6 Å². The smallest absolute Gasteiger partial charge is 0.343 e. The molecule has 0 unspecified atom stereocenters. The van der Waals surface area contributed by atoms with Crippen LogP contribution < -0.4 is 16.9 Å². The van der Waals surface area contributed by atoms with Gasteiger partial charge in [0.25, 0.3) is 0 Å². The van der Waals surface area contributed by atoms with Gasteiger partial charge in [0.1, 0.15) is 23.0 Å². The summed E-state index contributed by atoms with van der Waals surface area (Å²) in [4.78, 5) is 24.7. The van der Waals surface area contributed by atoms with Gasteiger partial charge in [-0.1, -0.05) is 11.6 Å². The van der Waals surface area contributed by atoms with Crippen LogP contribution in [0.2, 0.25) is 5.02 Å². The highest BCUT2D eigenvalue weighted by molar-refractivity contribution is 6.36. The summed E-state index contributed by atoms with van der Waals surface area (Å²) in [5, 5.41) is 18.8. The molecule has 0 saturated heterocycles. The van der Waals surface area contributed by atoms with Crippen LogP contribution in [-0.2, 0) is 17.8 Å². The molecule has 0 aliphatic carbocycles. The first-order valence-electron chi connectivity index (χ1n) is 9.40. The molecule has 1 heterocycles. The first kappa shape index (κ1) is 23.5. The number of ether oxygens (including phenoxy) is 1. The fourth-order valence-electron chi connectivity index (χ4n) is 3.56. The van der Waals surface area contributed by atoms with Crippen molar-refractivity contribution in [3.63, 3.8) is 0 Å². The second kappa shape index (κ2) is 9.11. The van der Waals surface area contributed by atoms with Crippen molar-refractivity contribution in [2.24, 2.45) is 0 Å². The topological polar surface area (TPSA) is 141 Å². The van der Waals surface area contributed by atoms with Crippen LogP contribution in [0, 0.1) is 11.6 Å². The number of carboxylic acids is 1. The summed E-state index contributed by atoms with van der Waals surface area (Å²) in [7, 11) is 1.49. The highest BCUT2D eigenvalue weighted by Gasteiger charge is 2.26. The molecule has 0 aliphatic heterocycles. The normalized spacial score (nSPS) is 11.3. The highest BCUT2D eigenvalue weighted by Crippen LogP contribution is 2.35. The van der Waals surface area contributed by atoms with Crippen molar-refractivity contribution in [3.05, 3.63) is 61.8 Å². The maximum Gasteiger partial charge on any atom is 0.343 e. The molecule has 3 rings (SSSR count). The maximum absolute atomic E-state index is 14.9. The van der Waals surface area contributed by atoms with Gasteiger partial charge in [0, 0.05) is 24.8 Å². The summed E-state index contributed by atoms with van der Waals surface area (Å²) in [6.45, 7) is -0.342. The lowest BCUT2D eigenvalue weighted by Gasteiger charge is -2.21. The number of aliphatic hydroxyl groups excluding tert-OH is 1. The monoisotopic (exact) mass is 467 g/mol. The molecule has 0 radical (unpaired) electrons. The molecule has 6 N–H and O–H groups in total. The summed E-state index contributed by atoms with van der Waals surface area (Å²) < 4.78 is 34.9. The van der Waals surface area contributed by atoms with Crippen LogP contribution in [0.3, 0.4) is 0 Å². The van der Waals surface area contributed by atoms with Crippen molar-refractivity contribution in [1.29, 1.82) is 0 Å². The van der Waals surface area contributed by atoms with Crippen molar-refractivity contribution >= 4 is 40.0 Å². The zero-order valence-corrected chi connectivity index (χ0v) is 17.7. The first-order valence-corrected chi connectivity index (χ1v) is 9.78. The predicted octanol–water partition coefficient (Wildman–Crippen LogP) is 2.86. The Morgan fingerprint density at radius 1 is 1.22 bits per heavy atom. The summed E-state index contributed by atoms with van der Waals surface area (Å²) >= 11 is 6.51. The first-order chi connectivity index (χ1) is 15.1. The predicted molar refractivity (Wildman–Crippen MR) is 116 cm³/mol. The van der Waals surface area contributed by atoms with E-state index in [9.17, 15) is 28.6 Å². The van der Waals surface area contributed by atoms with Crippen molar-refractivity contribution in [3.8, 4) is 5.69 Å². The van der Waals surface area contributed by atoms with Crippen LogP contribution in [0.4, 0.5) is 20.3 Å². The highest BCUT2D eigenvalue weighted by atomic mass is 35.5. The molecular weight excluding hydrogens is 448 g/mol. The molecule has 8 nitrogen and oxygen atoms in total. The average molecular weight is 468 g/mol. The molecule has 0 bridgehead atoms. The van der Waals surface area contributed by atoms with Crippen LogP contribution in [0.5, 0.6) is 0 Å². The molecule has 0 aliphatic rings. The Bertz CT molecular complexity index is 1290. The maximum atomic E-state index is 14.9. The van der Waals surface area contributed by atoms with Crippen molar-refractivity contribution in [2.75, 3.05) is 25.2 Å². The van der Waals surface area contributed by atoms with E-state index in [1.807, 2.05) is 0 Å². The number of nitrogens with two attached hydrogens (primary N) is 2.